The Labute approximate surface area is 172 Å². The first-order valence-electron chi connectivity index (χ1n) is 10.1. The summed E-state index contributed by atoms with van der Waals surface area (Å²) in [5.74, 6) is 0.382. The SMILES string of the molecule is CCN1CCCC1CNC(N)=NCC(=O)N1CCN(c2ccc(Cl)cc2)CC1. The number of nitrogens with zero attached hydrogens (tertiary/aromatic N) is 4. The molecule has 1 unspecified atom stereocenters. The summed E-state index contributed by atoms with van der Waals surface area (Å²) in [5, 5.41) is 3.91. The van der Waals surface area contributed by atoms with Crippen LogP contribution in [0.4, 0.5) is 5.69 Å². The Balaban J connectivity index is 1.40. The summed E-state index contributed by atoms with van der Waals surface area (Å²) in [5.41, 5.74) is 7.09. The molecule has 154 valence electrons. The maximum absolute atomic E-state index is 12.4. The van der Waals surface area contributed by atoms with E-state index in [0.717, 1.165) is 43.4 Å². The number of amides is 1. The van der Waals surface area contributed by atoms with Crippen molar-refractivity contribution in [3.05, 3.63) is 29.3 Å². The lowest BCUT2D eigenvalue weighted by Gasteiger charge is -2.36. The van der Waals surface area contributed by atoms with Crippen LogP contribution in [-0.2, 0) is 4.79 Å². The van der Waals surface area contributed by atoms with Gasteiger partial charge in [0, 0.05) is 49.5 Å². The first-order valence-corrected chi connectivity index (χ1v) is 10.5. The smallest absolute Gasteiger partial charge is 0.244 e. The number of hydrogen-bond donors (Lipinski definition) is 2. The van der Waals surface area contributed by atoms with Gasteiger partial charge in [-0.2, -0.15) is 0 Å². The van der Waals surface area contributed by atoms with Crippen LogP contribution in [0.25, 0.3) is 0 Å². The fourth-order valence-corrected chi connectivity index (χ4v) is 4.07. The lowest BCUT2D eigenvalue weighted by Crippen LogP contribution is -2.49. The van der Waals surface area contributed by atoms with Gasteiger partial charge >= 0.3 is 0 Å². The highest BCUT2D eigenvalue weighted by molar-refractivity contribution is 6.30. The van der Waals surface area contributed by atoms with Crippen LogP contribution >= 0.6 is 11.6 Å². The average molecular weight is 407 g/mol. The van der Waals surface area contributed by atoms with Gasteiger partial charge in [-0.3, -0.25) is 9.69 Å². The fraction of sp³-hybridized carbons (Fsp3) is 0.600. The molecular weight excluding hydrogens is 376 g/mol. The summed E-state index contributed by atoms with van der Waals surface area (Å²) in [6, 6.07) is 8.32. The second-order valence-electron chi connectivity index (χ2n) is 7.35. The molecular formula is C20H31ClN6O. The van der Waals surface area contributed by atoms with Crippen LogP contribution in [0.1, 0.15) is 19.8 Å². The van der Waals surface area contributed by atoms with Crippen molar-refractivity contribution in [3.8, 4) is 0 Å². The van der Waals surface area contributed by atoms with Gasteiger partial charge in [-0.25, -0.2) is 4.99 Å². The molecule has 3 N–H and O–H groups in total. The quantitative estimate of drug-likeness (QED) is 0.551. The van der Waals surface area contributed by atoms with Crippen LogP contribution in [0.15, 0.2) is 29.3 Å². The molecule has 0 radical (unpaired) electrons. The molecule has 3 rings (SSSR count). The monoisotopic (exact) mass is 406 g/mol. The van der Waals surface area contributed by atoms with Gasteiger partial charge in [0.2, 0.25) is 5.91 Å². The number of likely N-dealkylation sites (N-methyl/N-ethyl adjacent to an activating group) is 1. The zero-order valence-electron chi connectivity index (χ0n) is 16.6. The Kier molecular flexibility index (Phi) is 7.39. The molecule has 2 fully saturated rings. The van der Waals surface area contributed by atoms with Crippen molar-refractivity contribution in [1.29, 1.82) is 0 Å². The highest BCUT2D eigenvalue weighted by atomic mass is 35.5. The molecule has 2 saturated heterocycles. The van der Waals surface area contributed by atoms with Gasteiger partial charge in [0.05, 0.1) is 0 Å². The van der Waals surface area contributed by atoms with E-state index in [9.17, 15) is 4.79 Å². The number of halogens is 1. The number of likely N-dealkylation sites (tertiary alicyclic amines) is 1. The van der Waals surface area contributed by atoms with E-state index < -0.39 is 0 Å². The number of benzene rings is 1. The Morgan fingerprint density at radius 3 is 2.61 bits per heavy atom. The van der Waals surface area contributed by atoms with Gasteiger partial charge in [-0.1, -0.05) is 18.5 Å². The number of carbonyl (C=O) groups is 1. The van der Waals surface area contributed by atoms with E-state index in [1.165, 1.54) is 12.8 Å². The predicted octanol–water partition coefficient (Wildman–Crippen LogP) is 1.38. The van der Waals surface area contributed by atoms with Crippen molar-refractivity contribution in [2.75, 3.05) is 57.3 Å². The largest absolute Gasteiger partial charge is 0.370 e. The molecule has 0 bridgehead atoms. The second-order valence-corrected chi connectivity index (χ2v) is 7.79. The molecule has 0 spiro atoms. The standard InChI is InChI=1S/C20H31ClN6O/c1-2-25-9-3-4-18(25)14-23-20(22)24-15-19(28)27-12-10-26(11-13-27)17-7-5-16(21)6-8-17/h5-8,18H,2-4,9-15H2,1H3,(H3,22,23,24). The molecule has 0 aliphatic carbocycles. The fourth-order valence-electron chi connectivity index (χ4n) is 3.94. The zero-order valence-corrected chi connectivity index (χ0v) is 17.4. The van der Waals surface area contributed by atoms with Crippen LogP contribution in [0.3, 0.4) is 0 Å². The molecule has 1 aromatic carbocycles. The number of anilines is 1. The zero-order chi connectivity index (χ0) is 19.9. The van der Waals surface area contributed by atoms with Crippen LogP contribution < -0.4 is 16.0 Å². The lowest BCUT2D eigenvalue weighted by molar-refractivity contribution is -0.129. The normalized spacial score (nSPS) is 21.2. The molecule has 2 aliphatic heterocycles. The topological polar surface area (TPSA) is 77.2 Å². The van der Waals surface area contributed by atoms with Gasteiger partial charge in [0.25, 0.3) is 0 Å². The minimum Gasteiger partial charge on any atom is -0.370 e. The Hall–Kier alpha value is -1.99. The molecule has 2 heterocycles. The molecule has 0 aromatic heterocycles. The van der Waals surface area contributed by atoms with E-state index in [4.69, 9.17) is 17.3 Å². The molecule has 8 heteroatoms. The Morgan fingerprint density at radius 2 is 1.93 bits per heavy atom. The summed E-state index contributed by atoms with van der Waals surface area (Å²) in [7, 11) is 0. The molecule has 1 atom stereocenters. The number of carbonyl (C=O) groups excluding carboxylic acids is 1. The minimum atomic E-state index is 0.0246. The van der Waals surface area contributed by atoms with Gasteiger partial charge in [0.15, 0.2) is 5.96 Å². The van der Waals surface area contributed by atoms with Crippen molar-refractivity contribution >= 4 is 29.2 Å². The molecule has 0 saturated carbocycles. The molecule has 7 nitrogen and oxygen atoms in total. The van der Waals surface area contributed by atoms with E-state index in [1.807, 2.05) is 29.2 Å². The number of rotatable bonds is 6. The van der Waals surface area contributed by atoms with E-state index >= 15 is 0 Å². The highest BCUT2D eigenvalue weighted by Crippen LogP contribution is 2.19. The third-order valence-electron chi connectivity index (χ3n) is 5.63. The Bertz CT molecular complexity index is 672. The summed E-state index contributed by atoms with van der Waals surface area (Å²) in [6.45, 7) is 8.28. The Morgan fingerprint density at radius 1 is 1.21 bits per heavy atom. The second kappa shape index (κ2) is 9.98. The number of guanidine groups is 1. The van der Waals surface area contributed by atoms with Crippen molar-refractivity contribution in [2.24, 2.45) is 10.7 Å². The molecule has 1 amide bonds. The van der Waals surface area contributed by atoms with Crippen molar-refractivity contribution < 1.29 is 4.79 Å². The molecule has 1 aromatic rings. The van der Waals surface area contributed by atoms with Gasteiger partial charge in [-0.05, 0) is 50.2 Å². The first-order chi connectivity index (χ1) is 13.6. The third kappa shape index (κ3) is 5.52. The molecule has 28 heavy (non-hydrogen) atoms. The number of aliphatic imine (C=N–C) groups is 1. The van der Waals surface area contributed by atoms with E-state index in [-0.39, 0.29) is 12.5 Å². The van der Waals surface area contributed by atoms with Crippen molar-refractivity contribution in [2.45, 2.75) is 25.8 Å². The maximum atomic E-state index is 12.4. The van der Waals surface area contributed by atoms with Gasteiger partial charge < -0.3 is 20.9 Å². The van der Waals surface area contributed by atoms with Crippen LogP contribution in [0, 0.1) is 0 Å². The van der Waals surface area contributed by atoms with Gasteiger partial charge in [-0.15, -0.1) is 0 Å². The van der Waals surface area contributed by atoms with Crippen molar-refractivity contribution in [3.63, 3.8) is 0 Å². The van der Waals surface area contributed by atoms with Crippen LogP contribution in [0.2, 0.25) is 5.02 Å². The summed E-state index contributed by atoms with van der Waals surface area (Å²) in [4.78, 5) is 23.3. The van der Waals surface area contributed by atoms with Crippen LogP contribution in [0.5, 0.6) is 0 Å². The average Bonchev–Trinajstić information content (AvgIpc) is 3.19. The minimum absolute atomic E-state index is 0.0246. The predicted molar refractivity (Wildman–Crippen MR) is 115 cm³/mol. The first kappa shape index (κ1) is 20.7. The summed E-state index contributed by atoms with van der Waals surface area (Å²) < 4.78 is 0. The maximum Gasteiger partial charge on any atom is 0.244 e. The summed E-state index contributed by atoms with van der Waals surface area (Å²) >= 11 is 5.95. The van der Waals surface area contributed by atoms with E-state index in [2.05, 4.69) is 27.0 Å². The number of hydrogen-bond acceptors (Lipinski definition) is 4. The van der Waals surface area contributed by atoms with Crippen molar-refractivity contribution in [1.82, 2.24) is 15.1 Å². The number of nitrogens with one attached hydrogen (secondary N) is 1. The van der Waals surface area contributed by atoms with E-state index in [1.54, 1.807) is 0 Å². The molecule has 2 aliphatic rings. The van der Waals surface area contributed by atoms with E-state index in [0.29, 0.717) is 25.1 Å². The lowest BCUT2D eigenvalue weighted by atomic mass is 10.2. The summed E-state index contributed by atoms with van der Waals surface area (Å²) in [6.07, 6.45) is 2.42. The van der Waals surface area contributed by atoms with Gasteiger partial charge in [0.1, 0.15) is 6.54 Å². The third-order valence-corrected chi connectivity index (χ3v) is 5.88. The number of piperazine rings is 1. The van der Waals surface area contributed by atoms with Crippen LogP contribution in [-0.4, -0.2) is 80.1 Å². The highest BCUT2D eigenvalue weighted by Gasteiger charge is 2.23. The number of nitrogens with two attached hydrogens (primary N) is 1.